The van der Waals surface area contributed by atoms with E-state index in [1.807, 2.05) is 19.9 Å². The highest BCUT2D eigenvalue weighted by Gasteiger charge is 2.56. The summed E-state index contributed by atoms with van der Waals surface area (Å²) in [4.78, 5) is 51.5. The molecule has 0 saturated carbocycles. The second kappa shape index (κ2) is 10.4. The van der Waals surface area contributed by atoms with Crippen molar-refractivity contribution in [3.63, 3.8) is 0 Å². The van der Waals surface area contributed by atoms with E-state index >= 15 is 8.78 Å². The van der Waals surface area contributed by atoms with Gasteiger partial charge in [-0.15, -0.1) is 0 Å². The van der Waals surface area contributed by atoms with E-state index in [4.69, 9.17) is 4.74 Å². The number of imide groups is 1. The van der Waals surface area contributed by atoms with Gasteiger partial charge in [-0.1, -0.05) is 30.0 Å². The lowest BCUT2D eigenvalue weighted by molar-refractivity contribution is -0.137. The first-order chi connectivity index (χ1) is 19.1. The zero-order chi connectivity index (χ0) is 28.6. The number of ether oxygens (including phenoxy) is 1. The van der Waals surface area contributed by atoms with Crippen LogP contribution in [0.25, 0.3) is 0 Å². The van der Waals surface area contributed by atoms with Crippen LogP contribution in [0.5, 0.6) is 6.01 Å². The number of halogens is 2. The SMILES string of the molecule is CC(C)Oc1ncc(N2CCN3C(=O)N(c4c(F)cc(C#Cc5ccccc5)cc4F)C(=O)C[C@@]3(C)C2=O)cn1. The number of benzene rings is 2. The fourth-order valence-corrected chi connectivity index (χ4v) is 4.74. The van der Waals surface area contributed by atoms with Crippen molar-refractivity contribution in [3.05, 3.63) is 77.6 Å². The topological polar surface area (TPSA) is 95.9 Å². The Kier molecular flexibility index (Phi) is 6.94. The van der Waals surface area contributed by atoms with Crippen molar-refractivity contribution in [2.24, 2.45) is 0 Å². The molecule has 4 amide bonds. The van der Waals surface area contributed by atoms with Crippen molar-refractivity contribution in [1.29, 1.82) is 0 Å². The molecular formula is C29H25F2N5O4. The summed E-state index contributed by atoms with van der Waals surface area (Å²) in [6.45, 7) is 5.19. The maximum Gasteiger partial charge on any atom is 0.332 e. The lowest BCUT2D eigenvalue weighted by atomic mass is 9.88. The molecule has 3 heterocycles. The van der Waals surface area contributed by atoms with Crippen molar-refractivity contribution in [2.75, 3.05) is 22.9 Å². The number of hydrogen-bond donors (Lipinski definition) is 0. The molecule has 0 unspecified atom stereocenters. The Morgan fingerprint density at radius 3 is 2.20 bits per heavy atom. The molecule has 0 N–H and O–H groups in total. The lowest BCUT2D eigenvalue weighted by Crippen LogP contribution is -2.73. The maximum atomic E-state index is 15.2. The van der Waals surface area contributed by atoms with E-state index < -0.39 is 47.1 Å². The molecule has 0 spiro atoms. The van der Waals surface area contributed by atoms with Gasteiger partial charge in [-0.3, -0.25) is 9.59 Å². The summed E-state index contributed by atoms with van der Waals surface area (Å²) in [7, 11) is 0. The fraction of sp³-hybridized carbons (Fsp3) is 0.276. The van der Waals surface area contributed by atoms with Crippen LogP contribution in [0.3, 0.4) is 0 Å². The predicted octanol–water partition coefficient (Wildman–Crippen LogP) is 3.91. The maximum absolute atomic E-state index is 15.2. The normalized spacial score (nSPS) is 18.9. The number of carbonyl (C=O) groups excluding carboxylic acids is 3. The zero-order valence-electron chi connectivity index (χ0n) is 22.0. The molecular weight excluding hydrogens is 520 g/mol. The van der Waals surface area contributed by atoms with Crippen LogP contribution < -0.4 is 14.5 Å². The molecule has 0 bridgehead atoms. The summed E-state index contributed by atoms with van der Waals surface area (Å²) in [6.07, 6.45) is 2.24. The van der Waals surface area contributed by atoms with Gasteiger partial charge in [-0.25, -0.2) is 28.4 Å². The monoisotopic (exact) mass is 545 g/mol. The minimum atomic E-state index is -1.57. The first-order valence-electron chi connectivity index (χ1n) is 12.6. The van der Waals surface area contributed by atoms with E-state index in [1.165, 1.54) is 29.1 Å². The van der Waals surface area contributed by atoms with Crippen LogP contribution >= 0.6 is 0 Å². The summed E-state index contributed by atoms with van der Waals surface area (Å²) >= 11 is 0. The molecule has 0 aliphatic carbocycles. The summed E-state index contributed by atoms with van der Waals surface area (Å²) in [5, 5.41) is 0. The molecule has 5 rings (SSSR count). The van der Waals surface area contributed by atoms with Crippen molar-refractivity contribution < 1.29 is 27.9 Å². The standard InChI is InChI=1S/C29H25F2N5O4/c1-18(2)40-27-32-16-21(17-33-27)34-11-12-35-28(39)36(24(37)15-29(35,3)26(34)38)25-22(30)13-20(14-23(25)31)10-9-19-7-5-4-6-8-19/h4-8,13-14,16-18H,11-12,15H2,1-3H3/t29-/m0/s1. The van der Waals surface area contributed by atoms with Crippen molar-refractivity contribution in [1.82, 2.24) is 14.9 Å². The molecule has 40 heavy (non-hydrogen) atoms. The van der Waals surface area contributed by atoms with Gasteiger partial charge in [0.25, 0.3) is 5.91 Å². The van der Waals surface area contributed by atoms with Gasteiger partial charge in [0.15, 0.2) is 11.6 Å². The molecule has 204 valence electrons. The van der Waals surface area contributed by atoms with Crippen LogP contribution in [0.4, 0.5) is 25.0 Å². The van der Waals surface area contributed by atoms with Crippen LogP contribution in [0.1, 0.15) is 38.3 Å². The summed E-state index contributed by atoms with van der Waals surface area (Å²) in [6, 6.07) is 10.00. The van der Waals surface area contributed by atoms with Crippen LogP contribution in [-0.2, 0) is 9.59 Å². The van der Waals surface area contributed by atoms with Gasteiger partial charge in [0.05, 0.1) is 30.6 Å². The zero-order valence-corrected chi connectivity index (χ0v) is 22.0. The van der Waals surface area contributed by atoms with Gasteiger partial charge >= 0.3 is 12.0 Å². The van der Waals surface area contributed by atoms with E-state index in [1.54, 1.807) is 24.3 Å². The molecule has 2 saturated heterocycles. The molecule has 2 aliphatic rings. The first kappa shape index (κ1) is 26.7. The van der Waals surface area contributed by atoms with Gasteiger partial charge in [-0.05, 0) is 45.0 Å². The Hall–Kier alpha value is -4.85. The van der Waals surface area contributed by atoms with Crippen LogP contribution in [0.15, 0.2) is 54.9 Å². The van der Waals surface area contributed by atoms with Gasteiger partial charge in [0, 0.05) is 24.2 Å². The van der Waals surface area contributed by atoms with E-state index in [0.717, 1.165) is 12.1 Å². The third kappa shape index (κ3) is 4.84. The smallest absolute Gasteiger partial charge is 0.332 e. The molecule has 11 heteroatoms. The average Bonchev–Trinajstić information content (AvgIpc) is 2.91. The van der Waals surface area contributed by atoms with Crippen LogP contribution in [0, 0.1) is 23.5 Å². The highest BCUT2D eigenvalue weighted by Crippen LogP contribution is 2.38. The van der Waals surface area contributed by atoms with Gasteiger partial charge < -0.3 is 14.5 Å². The minimum absolute atomic E-state index is 0.0129. The van der Waals surface area contributed by atoms with E-state index in [0.29, 0.717) is 16.2 Å². The molecule has 1 aromatic heterocycles. The third-order valence-corrected chi connectivity index (χ3v) is 6.65. The van der Waals surface area contributed by atoms with Crippen molar-refractivity contribution in [3.8, 4) is 17.9 Å². The van der Waals surface area contributed by atoms with E-state index in [2.05, 4.69) is 21.8 Å². The second-order valence-electron chi connectivity index (χ2n) is 9.87. The Morgan fingerprint density at radius 2 is 1.57 bits per heavy atom. The molecule has 3 aromatic rings. The number of aromatic nitrogens is 2. The number of nitrogens with zero attached hydrogens (tertiary/aromatic N) is 5. The number of anilines is 2. The minimum Gasteiger partial charge on any atom is -0.461 e. The summed E-state index contributed by atoms with van der Waals surface area (Å²) in [5.41, 5.74) is -1.30. The second-order valence-corrected chi connectivity index (χ2v) is 9.87. The number of hydrogen-bond acceptors (Lipinski definition) is 6. The first-order valence-corrected chi connectivity index (χ1v) is 12.6. The van der Waals surface area contributed by atoms with Crippen LogP contribution in [0.2, 0.25) is 0 Å². The summed E-state index contributed by atoms with van der Waals surface area (Å²) < 4.78 is 35.8. The fourth-order valence-electron chi connectivity index (χ4n) is 4.74. The number of rotatable bonds is 4. The number of carbonyl (C=O) groups is 3. The molecule has 9 nitrogen and oxygen atoms in total. The highest BCUT2D eigenvalue weighted by molar-refractivity contribution is 6.20. The van der Waals surface area contributed by atoms with E-state index in [9.17, 15) is 14.4 Å². The molecule has 2 fully saturated rings. The Labute approximate surface area is 229 Å². The number of piperazine rings is 1. The van der Waals surface area contributed by atoms with Gasteiger partial charge in [0.1, 0.15) is 11.2 Å². The molecule has 1 atom stereocenters. The lowest BCUT2D eigenvalue weighted by Gasteiger charge is -2.51. The largest absolute Gasteiger partial charge is 0.461 e. The summed E-state index contributed by atoms with van der Waals surface area (Å²) in [5.74, 6) is 1.83. The Balaban J connectivity index is 1.39. The average molecular weight is 546 g/mol. The number of urea groups is 1. The Bertz CT molecular complexity index is 1530. The number of fused-ring (bicyclic) bond motifs is 1. The quantitative estimate of drug-likeness (QED) is 0.462. The predicted molar refractivity (Wildman–Crippen MR) is 142 cm³/mol. The third-order valence-electron chi connectivity index (χ3n) is 6.65. The highest BCUT2D eigenvalue weighted by atomic mass is 19.1. The molecule has 2 aromatic carbocycles. The van der Waals surface area contributed by atoms with E-state index in [-0.39, 0.29) is 30.8 Å². The van der Waals surface area contributed by atoms with Crippen LogP contribution in [-0.4, -0.2) is 57.4 Å². The molecule has 0 radical (unpaired) electrons. The van der Waals surface area contributed by atoms with Crippen molar-refractivity contribution >= 4 is 29.2 Å². The molecule has 2 aliphatic heterocycles. The van der Waals surface area contributed by atoms with Gasteiger partial charge in [-0.2, -0.15) is 0 Å². The Morgan fingerprint density at radius 1 is 0.950 bits per heavy atom. The van der Waals surface area contributed by atoms with Crippen molar-refractivity contribution in [2.45, 2.75) is 38.8 Å². The van der Waals surface area contributed by atoms with Gasteiger partial charge in [0.2, 0.25) is 5.91 Å². The number of amides is 4.